The molecule has 1 aliphatic rings. The summed E-state index contributed by atoms with van der Waals surface area (Å²) in [6, 6.07) is 4.15. The molecular formula is C16H22ClFN2O. The number of carbonyl (C=O) groups excluding carboxylic acids is 1. The second-order valence-corrected chi connectivity index (χ2v) is 6.99. The van der Waals surface area contributed by atoms with Gasteiger partial charge in [0, 0.05) is 22.7 Å². The van der Waals surface area contributed by atoms with E-state index in [2.05, 4.69) is 26.1 Å². The van der Waals surface area contributed by atoms with Gasteiger partial charge < -0.3 is 11.1 Å². The summed E-state index contributed by atoms with van der Waals surface area (Å²) in [4.78, 5) is 12.5. The summed E-state index contributed by atoms with van der Waals surface area (Å²) in [7, 11) is 0. The van der Waals surface area contributed by atoms with Gasteiger partial charge in [0.25, 0.3) is 0 Å². The fraction of sp³-hybridized carbons (Fsp3) is 0.562. The van der Waals surface area contributed by atoms with Crippen LogP contribution in [0.5, 0.6) is 0 Å². The van der Waals surface area contributed by atoms with Crippen LogP contribution in [0.3, 0.4) is 0 Å². The van der Waals surface area contributed by atoms with E-state index in [1.165, 1.54) is 12.1 Å². The predicted molar refractivity (Wildman–Crippen MR) is 83.7 cm³/mol. The zero-order chi connectivity index (χ0) is 15.8. The lowest BCUT2D eigenvalue weighted by Crippen LogP contribution is -2.50. The molecule has 3 N–H and O–H groups in total. The van der Waals surface area contributed by atoms with Crippen molar-refractivity contribution in [3.63, 3.8) is 0 Å². The maximum absolute atomic E-state index is 13.3. The van der Waals surface area contributed by atoms with E-state index < -0.39 is 5.82 Å². The number of hydrogen-bond acceptors (Lipinski definition) is 2. The summed E-state index contributed by atoms with van der Waals surface area (Å²) in [5, 5.41) is 3.05. The Balaban J connectivity index is 2.16. The first kappa shape index (κ1) is 16.2. The van der Waals surface area contributed by atoms with Crippen molar-refractivity contribution in [3.05, 3.63) is 29.0 Å². The molecule has 3 unspecified atom stereocenters. The van der Waals surface area contributed by atoms with Gasteiger partial charge in [0.1, 0.15) is 5.82 Å². The van der Waals surface area contributed by atoms with Crippen molar-refractivity contribution in [1.82, 2.24) is 0 Å². The van der Waals surface area contributed by atoms with Crippen molar-refractivity contribution in [2.24, 2.45) is 23.0 Å². The second kappa shape index (κ2) is 5.93. The van der Waals surface area contributed by atoms with Crippen molar-refractivity contribution >= 4 is 23.2 Å². The molecule has 1 saturated carbocycles. The Morgan fingerprint density at radius 3 is 2.67 bits per heavy atom. The molecule has 1 aromatic carbocycles. The largest absolute Gasteiger partial charge is 0.327 e. The fourth-order valence-corrected chi connectivity index (χ4v) is 3.40. The summed E-state index contributed by atoms with van der Waals surface area (Å²) >= 11 is 5.81. The zero-order valence-electron chi connectivity index (χ0n) is 12.6. The molecule has 5 heteroatoms. The Kier molecular flexibility index (Phi) is 4.59. The van der Waals surface area contributed by atoms with Crippen molar-refractivity contribution in [3.8, 4) is 0 Å². The van der Waals surface area contributed by atoms with E-state index in [9.17, 15) is 9.18 Å². The van der Waals surface area contributed by atoms with E-state index in [1.807, 2.05) is 0 Å². The first-order valence-electron chi connectivity index (χ1n) is 7.24. The average Bonchev–Trinajstić information content (AvgIpc) is 2.34. The molecule has 1 fully saturated rings. The molecule has 2 rings (SSSR count). The van der Waals surface area contributed by atoms with Gasteiger partial charge in [-0.25, -0.2) is 4.39 Å². The minimum absolute atomic E-state index is 0.0968. The normalized spacial score (nSPS) is 28.2. The Hall–Kier alpha value is -1.13. The van der Waals surface area contributed by atoms with Crippen molar-refractivity contribution < 1.29 is 9.18 Å². The van der Waals surface area contributed by atoms with Crippen LogP contribution in [0.4, 0.5) is 10.1 Å². The highest BCUT2D eigenvalue weighted by atomic mass is 35.5. The molecule has 1 amide bonds. The average molecular weight is 313 g/mol. The Morgan fingerprint density at radius 2 is 2.05 bits per heavy atom. The minimum Gasteiger partial charge on any atom is -0.327 e. The van der Waals surface area contributed by atoms with E-state index >= 15 is 0 Å². The zero-order valence-corrected chi connectivity index (χ0v) is 13.4. The molecule has 1 aliphatic carbocycles. The fourth-order valence-electron chi connectivity index (χ4n) is 3.17. The summed E-state index contributed by atoms with van der Waals surface area (Å²) < 4.78 is 13.3. The second-order valence-electron chi connectivity index (χ2n) is 6.55. The Labute approximate surface area is 130 Å². The molecule has 0 bridgehead atoms. The van der Waals surface area contributed by atoms with Gasteiger partial charge in [0.05, 0.1) is 0 Å². The van der Waals surface area contributed by atoms with E-state index in [-0.39, 0.29) is 34.2 Å². The van der Waals surface area contributed by atoms with Crippen LogP contribution < -0.4 is 11.1 Å². The summed E-state index contributed by atoms with van der Waals surface area (Å²) in [6.45, 7) is 6.22. The summed E-state index contributed by atoms with van der Waals surface area (Å²) in [5.74, 6) is -0.455. The topological polar surface area (TPSA) is 55.1 Å². The van der Waals surface area contributed by atoms with E-state index in [1.54, 1.807) is 6.07 Å². The van der Waals surface area contributed by atoms with Gasteiger partial charge in [-0.05, 0) is 42.4 Å². The van der Waals surface area contributed by atoms with Crippen molar-refractivity contribution in [2.75, 3.05) is 5.32 Å². The van der Waals surface area contributed by atoms with Gasteiger partial charge in [0.15, 0.2) is 0 Å². The molecule has 0 saturated heterocycles. The molecule has 3 nitrogen and oxygen atoms in total. The third-order valence-electron chi connectivity index (χ3n) is 4.95. The maximum Gasteiger partial charge on any atom is 0.228 e. The number of halogens is 2. The van der Waals surface area contributed by atoms with Crippen LogP contribution >= 0.6 is 11.6 Å². The lowest BCUT2D eigenvalue weighted by Gasteiger charge is -2.46. The van der Waals surface area contributed by atoms with Crippen LogP contribution in [0.25, 0.3) is 0 Å². The van der Waals surface area contributed by atoms with Crippen LogP contribution in [0.2, 0.25) is 5.02 Å². The molecule has 0 aliphatic heterocycles. The summed E-state index contributed by atoms with van der Waals surface area (Å²) in [5.41, 5.74) is 6.31. The highest BCUT2D eigenvalue weighted by molar-refractivity contribution is 6.30. The predicted octanol–water partition coefficient (Wildman–Crippen LogP) is 3.82. The lowest BCUT2D eigenvalue weighted by molar-refractivity contribution is -0.127. The molecule has 0 radical (unpaired) electrons. The first-order chi connectivity index (χ1) is 9.71. The molecule has 21 heavy (non-hydrogen) atoms. The van der Waals surface area contributed by atoms with E-state index in [0.29, 0.717) is 5.69 Å². The molecule has 0 aromatic heterocycles. The van der Waals surface area contributed by atoms with Gasteiger partial charge >= 0.3 is 0 Å². The maximum atomic E-state index is 13.3. The van der Waals surface area contributed by atoms with Gasteiger partial charge in [0.2, 0.25) is 5.91 Å². The monoisotopic (exact) mass is 312 g/mol. The van der Waals surface area contributed by atoms with Crippen LogP contribution in [0, 0.1) is 23.1 Å². The Morgan fingerprint density at radius 1 is 1.38 bits per heavy atom. The third kappa shape index (κ3) is 3.38. The number of carbonyl (C=O) groups is 1. The molecule has 1 aromatic rings. The number of rotatable bonds is 2. The molecule has 3 atom stereocenters. The van der Waals surface area contributed by atoms with Gasteiger partial charge in [-0.1, -0.05) is 32.4 Å². The van der Waals surface area contributed by atoms with Gasteiger partial charge in [-0.2, -0.15) is 0 Å². The summed E-state index contributed by atoms with van der Waals surface area (Å²) in [6.07, 6.45) is 1.57. The van der Waals surface area contributed by atoms with Crippen molar-refractivity contribution in [1.29, 1.82) is 0 Å². The van der Waals surface area contributed by atoms with E-state index in [0.717, 1.165) is 12.8 Å². The number of anilines is 1. The van der Waals surface area contributed by atoms with E-state index in [4.69, 9.17) is 17.3 Å². The highest BCUT2D eigenvalue weighted by Crippen LogP contribution is 2.44. The van der Waals surface area contributed by atoms with Crippen LogP contribution in [-0.2, 0) is 4.79 Å². The SMILES string of the molecule is CC1C(N)CCC(C(=O)Nc2cc(F)cc(Cl)c2)C1(C)C. The number of amides is 1. The quantitative estimate of drug-likeness (QED) is 0.872. The number of hydrogen-bond donors (Lipinski definition) is 2. The smallest absolute Gasteiger partial charge is 0.228 e. The van der Waals surface area contributed by atoms with Crippen LogP contribution in [0.15, 0.2) is 18.2 Å². The molecule has 116 valence electrons. The number of nitrogens with two attached hydrogens (primary N) is 1. The standard InChI is InChI=1S/C16H22ClFN2O/c1-9-14(19)5-4-13(16(9,2)3)15(21)20-12-7-10(17)6-11(18)8-12/h6-9,13-14H,4-5,19H2,1-3H3,(H,20,21). The highest BCUT2D eigenvalue weighted by Gasteiger charge is 2.44. The number of nitrogens with one attached hydrogen (secondary N) is 1. The first-order valence-corrected chi connectivity index (χ1v) is 7.62. The lowest BCUT2D eigenvalue weighted by atomic mass is 9.61. The van der Waals surface area contributed by atoms with Gasteiger partial charge in [-0.15, -0.1) is 0 Å². The molecule has 0 spiro atoms. The number of benzene rings is 1. The van der Waals surface area contributed by atoms with Crippen LogP contribution in [0.1, 0.15) is 33.6 Å². The molecule has 0 heterocycles. The van der Waals surface area contributed by atoms with Crippen molar-refractivity contribution in [2.45, 2.75) is 39.7 Å². The van der Waals surface area contributed by atoms with Gasteiger partial charge in [-0.3, -0.25) is 4.79 Å². The van der Waals surface area contributed by atoms with Crippen LogP contribution in [-0.4, -0.2) is 11.9 Å². The molecular weight excluding hydrogens is 291 g/mol. The minimum atomic E-state index is -0.462. The third-order valence-corrected chi connectivity index (χ3v) is 5.17. The Bertz CT molecular complexity index is 527.